The molecular weight excluding hydrogens is 334 g/mol. The number of nitrogens with one attached hydrogen (secondary N) is 1. The molecule has 0 aliphatic carbocycles. The minimum absolute atomic E-state index is 0.0247. The lowest BCUT2D eigenvalue weighted by Gasteiger charge is -2.11. The topological polar surface area (TPSA) is 29.1 Å². The summed E-state index contributed by atoms with van der Waals surface area (Å²) >= 11 is 5.20. The number of carbonyl (C=O) groups is 1. The Labute approximate surface area is 131 Å². The van der Waals surface area contributed by atoms with Gasteiger partial charge in [0.25, 0.3) is 0 Å². The van der Waals surface area contributed by atoms with E-state index < -0.39 is 0 Å². The molecule has 0 saturated heterocycles. The molecule has 20 heavy (non-hydrogen) atoms. The Bertz CT molecular complexity index is 644. The summed E-state index contributed by atoms with van der Waals surface area (Å²) in [4.78, 5) is 13.6. The molecule has 0 bridgehead atoms. The van der Waals surface area contributed by atoms with Gasteiger partial charge in [0.15, 0.2) is 0 Å². The Hall–Kier alpha value is -1.26. The standard InChI is InChI=1S/C16H14BrNOS/c17-12-5-3-4-11(8-12)9-18-16(19)14-10-20-15-7-2-1-6-13(14)15/h1-8,14H,9-10H2,(H,18,19). The zero-order chi connectivity index (χ0) is 13.9. The number of amides is 1. The molecule has 2 aromatic rings. The zero-order valence-electron chi connectivity index (χ0n) is 10.8. The van der Waals surface area contributed by atoms with Gasteiger partial charge in [-0.2, -0.15) is 0 Å². The first-order valence-corrected chi connectivity index (χ1v) is 8.26. The Morgan fingerprint density at radius 1 is 1.25 bits per heavy atom. The summed E-state index contributed by atoms with van der Waals surface area (Å²) in [6, 6.07) is 16.2. The smallest absolute Gasteiger partial charge is 0.228 e. The Kier molecular flexibility index (Phi) is 4.13. The third-order valence-electron chi connectivity index (χ3n) is 3.37. The SMILES string of the molecule is O=C(NCc1cccc(Br)c1)C1CSc2ccccc21. The number of hydrogen-bond donors (Lipinski definition) is 1. The number of hydrogen-bond acceptors (Lipinski definition) is 2. The summed E-state index contributed by atoms with van der Waals surface area (Å²) < 4.78 is 1.03. The second-order valence-corrected chi connectivity index (χ2v) is 6.73. The lowest BCUT2D eigenvalue weighted by Crippen LogP contribution is -2.29. The number of rotatable bonds is 3. The fourth-order valence-corrected chi connectivity index (χ4v) is 4.01. The Balaban J connectivity index is 1.66. The van der Waals surface area contributed by atoms with Crippen LogP contribution in [-0.2, 0) is 11.3 Å². The monoisotopic (exact) mass is 347 g/mol. The zero-order valence-corrected chi connectivity index (χ0v) is 13.2. The van der Waals surface area contributed by atoms with Crippen molar-refractivity contribution in [3.05, 3.63) is 64.1 Å². The highest BCUT2D eigenvalue weighted by atomic mass is 79.9. The van der Waals surface area contributed by atoms with E-state index in [0.29, 0.717) is 6.54 Å². The van der Waals surface area contributed by atoms with E-state index >= 15 is 0 Å². The number of thioether (sulfide) groups is 1. The maximum atomic E-state index is 12.3. The third kappa shape index (κ3) is 2.91. The fraction of sp³-hybridized carbons (Fsp3) is 0.188. The van der Waals surface area contributed by atoms with Gasteiger partial charge in [0.2, 0.25) is 5.91 Å². The number of benzene rings is 2. The molecule has 1 aliphatic heterocycles. The lowest BCUT2D eigenvalue weighted by molar-refractivity contribution is -0.122. The first kappa shape index (κ1) is 13.7. The highest BCUT2D eigenvalue weighted by Crippen LogP contribution is 2.39. The molecule has 0 saturated carbocycles. The van der Waals surface area contributed by atoms with Crippen molar-refractivity contribution in [3.8, 4) is 0 Å². The van der Waals surface area contributed by atoms with Gasteiger partial charge >= 0.3 is 0 Å². The van der Waals surface area contributed by atoms with Gasteiger partial charge in [0.1, 0.15) is 0 Å². The van der Waals surface area contributed by atoms with Crippen LogP contribution < -0.4 is 5.32 Å². The molecule has 0 fully saturated rings. The van der Waals surface area contributed by atoms with Gasteiger partial charge in [-0.1, -0.05) is 46.3 Å². The molecule has 1 amide bonds. The summed E-state index contributed by atoms with van der Waals surface area (Å²) in [7, 11) is 0. The molecule has 4 heteroatoms. The molecule has 1 atom stereocenters. The summed E-state index contributed by atoms with van der Waals surface area (Å²) in [5, 5.41) is 3.04. The molecule has 2 aromatic carbocycles. The third-order valence-corrected chi connectivity index (χ3v) is 5.05. The average Bonchev–Trinajstić information content (AvgIpc) is 2.89. The number of halogens is 1. The summed E-state index contributed by atoms with van der Waals surface area (Å²) in [5.41, 5.74) is 2.26. The Morgan fingerprint density at radius 3 is 2.95 bits per heavy atom. The van der Waals surface area contributed by atoms with Crippen molar-refractivity contribution in [1.82, 2.24) is 5.32 Å². The van der Waals surface area contributed by atoms with Gasteiger partial charge in [0, 0.05) is 21.7 Å². The van der Waals surface area contributed by atoms with Crippen molar-refractivity contribution in [2.24, 2.45) is 0 Å². The maximum absolute atomic E-state index is 12.3. The normalized spacial score (nSPS) is 16.8. The second kappa shape index (κ2) is 6.02. The molecule has 3 rings (SSSR count). The van der Waals surface area contributed by atoms with Crippen LogP contribution in [0.4, 0.5) is 0 Å². The van der Waals surface area contributed by atoms with E-state index in [1.165, 1.54) is 4.90 Å². The van der Waals surface area contributed by atoms with Crippen LogP contribution in [0.5, 0.6) is 0 Å². The molecule has 0 spiro atoms. The van der Waals surface area contributed by atoms with E-state index in [1.54, 1.807) is 11.8 Å². The second-order valence-electron chi connectivity index (χ2n) is 4.75. The van der Waals surface area contributed by atoms with Crippen LogP contribution >= 0.6 is 27.7 Å². The van der Waals surface area contributed by atoms with E-state index in [4.69, 9.17) is 0 Å². The van der Waals surface area contributed by atoms with Crippen LogP contribution in [0.2, 0.25) is 0 Å². The van der Waals surface area contributed by atoms with Gasteiger partial charge in [-0.15, -0.1) is 11.8 Å². The van der Waals surface area contributed by atoms with E-state index in [9.17, 15) is 4.79 Å². The number of carbonyl (C=O) groups excluding carboxylic acids is 1. The molecule has 1 heterocycles. The predicted octanol–water partition coefficient (Wildman–Crippen LogP) is 3.95. The van der Waals surface area contributed by atoms with Gasteiger partial charge in [0.05, 0.1) is 5.92 Å². The van der Waals surface area contributed by atoms with Gasteiger partial charge < -0.3 is 5.32 Å². The molecule has 1 unspecified atom stereocenters. The quantitative estimate of drug-likeness (QED) is 0.910. The first-order chi connectivity index (χ1) is 9.74. The van der Waals surface area contributed by atoms with Crippen LogP contribution in [-0.4, -0.2) is 11.7 Å². The van der Waals surface area contributed by atoms with Crippen molar-refractivity contribution < 1.29 is 4.79 Å². The molecule has 2 nitrogen and oxygen atoms in total. The first-order valence-electron chi connectivity index (χ1n) is 6.48. The summed E-state index contributed by atoms with van der Waals surface area (Å²) in [6.07, 6.45) is 0. The molecule has 0 radical (unpaired) electrons. The van der Waals surface area contributed by atoms with E-state index in [1.807, 2.05) is 36.4 Å². The van der Waals surface area contributed by atoms with Crippen LogP contribution in [0.25, 0.3) is 0 Å². The predicted molar refractivity (Wildman–Crippen MR) is 85.9 cm³/mol. The Morgan fingerprint density at radius 2 is 2.10 bits per heavy atom. The summed E-state index contributed by atoms with van der Waals surface area (Å²) in [6.45, 7) is 0.571. The van der Waals surface area contributed by atoms with Crippen LogP contribution in [0, 0.1) is 0 Å². The molecule has 1 aliphatic rings. The number of fused-ring (bicyclic) bond motifs is 1. The average molecular weight is 348 g/mol. The largest absolute Gasteiger partial charge is 0.351 e. The van der Waals surface area contributed by atoms with Crippen LogP contribution in [0.1, 0.15) is 17.0 Å². The van der Waals surface area contributed by atoms with Crippen LogP contribution in [0.15, 0.2) is 57.9 Å². The van der Waals surface area contributed by atoms with Crippen molar-refractivity contribution in [3.63, 3.8) is 0 Å². The van der Waals surface area contributed by atoms with Crippen LogP contribution in [0.3, 0.4) is 0 Å². The fourth-order valence-electron chi connectivity index (χ4n) is 2.34. The lowest BCUT2D eigenvalue weighted by atomic mass is 10.0. The molecular formula is C16H14BrNOS. The van der Waals surface area contributed by atoms with Crippen molar-refractivity contribution in [2.45, 2.75) is 17.4 Å². The minimum Gasteiger partial charge on any atom is -0.351 e. The highest BCUT2D eigenvalue weighted by molar-refractivity contribution is 9.10. The molecule has 1 N–H and O–H groups in total. The van der Waals surface area contributed by atoms with Crippen molar-refractivity contribution in [2.75, 3.05) is 5.75 Å². The minimum atomic E-state index is -0.0247. The van der Waals surface area contributed by atoms with Crippen molar-refractivity contribution in [1.29, 1.82) is 0 Å². The van der Waals surface area contributed by atoms with Crippen molar-refractivity contribution >= 4 is 33.6 Å². The highest BCUT2D eigenvalue weighted by Gasteiger charge is 2.28. The van der Waals surface area contributed by atoms with Gasteiger partial charge in [-0.25, -0.2) is 0 Å². The van der Waals surface area contributed by atoms with E-state index in [-0.39, 0.29) is 11.8 Å². The molecule has 102 valence electrons. The van der Waals surface area contributed by atoms with E-state index in [0.717, 1.165) is 21.4 Å². The molecule has 0 aromatic heterocycles. The van der Waals surface area contributed by atoms with Gasteiger partial charge in [-0.3, -0.25) is 4.79 Å². The maximum Gasteiger partial charge on any atom is 0.228 e. The summed E-state index contributed by atoms with van der Waals surface area (Å²) in [5.74, 6) is 0.926. The van der Waals surface area contributed by atoms with Gasteiger partial charge in [-0.05, 0) is 29.3 Å². The van der Waals surface area contributed by atoms with E-state index in [2.05, 4.69) is 33.4 Å².